The Morgan fingerprint density at radius 2 is 1.46 bits per heavy atom. The number of hydrogen-bond donors (Lipinski definition) is 8. The number of para-hydroxylation sites is 1. The van der Waals surface area contributed by atoms with E-state index < -0.39 is 76.6 Å². The summed E-state index contributed by atoms with van der Waals surface area (Å²) in [5.41, 5.74) is 1.70. The van der Waals surface area contributed by atoms with Gasteiger partial charge in [0.15, 0.2) is 0 Å². The molecule has 1 saturated carbocycles. The molecule has 346 valence electrons. The van der Waals surface area contributed by atoms with Crippen LogP contribution in [-0.4, -0.2) is 89.2 Å². The lowest BCUT2D eigenvalue weighted by atomic mass is 9.87. The van der Waals surface area contributed by atoms with E-state index in [0.717, 1.165) is 22.7 Å². The van der Waals surface area contributed by atoms with Gasteiger partial charge in [-0.3, -0.25) is 14.2 Å². The highest BCUT2D eigenvalue weighted by Gasteiger charge is 2.51. The topological polar surface area (TPSA) is 253 Å². The Labute approximate surface area is 378 Å². The van der Waals surface area contributed by atoms with Crippen molar-refractivity contribution in [2.24, 2.45) is 5.41 Å². The molecule has 1 heterocycles. The lowest BCUT2D eigenvalue weighted by molar-refractivity contribution is -0.143. The monoisotopic (exact) mass is 929 g/mol. The van der Waals surface area contributed by atoms with Crippen LogP contribution in [0.5, 0.6) is 5.75 Å². The summed E-state index contributed by atoms with van der Waals surface area (Å²) < 4.78 is 48.4. The van der Waals surface area contributed by atoms with Crippen molar-refractivity contribution in [1.82, 2.24) is 25.7 Å². The van der Waals surface area contributed by atoms with Crippen molar-refractivity contribution in [1.29, 1.82) is 0 Å². The van der Waals surface area contributed by atoms with E-state index in [4.69, 9.17) is 4.74 Å². The van der Waals surface area contributed by atoms with E-state index in [1.165, 1.54) is 12.1 Å². The molecule has 0 radical (unpaired) electrons. The molecule has 0 saturated heterocycles. The number of carboxylic acid groups (broad SMARTS) is 1. The molecule has 3 amide bonds. The maximum absolute atomic E-state index is 15.4. The minimum atomic E-state index is -4.79. The van der Waals surface area contributed by atoms with E-state index in [9.17, 15) is 42.7 Å². The number of alkyl carbamates (subject to hydrolysis) is 1. The van der Waals surface area contributed by atoms with Gasteiger partial charge in [-0.25, -0.2) is 22.7 Å². The first kappa shape index (κ1) is 48.5. The highest BCUT2D eigenvalue weighted by Crippen LogP contribution is 2.58. The third kappa shape index (κ3) is 13.3. The van der Waals surface area contributed by atoms with Crippen molar-refractivity contribution in [2.45, 2.75) is 81.8 Å². The second kappa shape index (κ2) is 21.8. The van der Waals surface area contributed by atoms with Crippen molar-refractivity contribution in [3.05, 3.63) is 138 Å². The number of sulfonamides is 1. The van der Waals surface area contributed by atoms with Gasteiger partial charge in [-0.1, -0.05) is 104 Å². The quantitative estimate of drug-likeness (QED) is 0.0291. The van der Waals surface area contributed by atoms with E-state index in [2.05, 4.69) is 25.7 Å². The number of rotatable bonds is 22. The van der Waals surface area contributed by atoms with Crippen LogP contribution in [-0.2, 0) is 46.7 Å². The van der Waals surface area contributed by atoms with Gasteiger partial charge < -0.3 is 40.8 Å². The number of carboxylic acids is 1. The van der Waals surface area contributed by atoms with Gasteiger partial charge in [-0.05, 0) is 72.6 Å². The molecule has 1 unspecified atom stereocenters. The van der Waals surface area contributed by atoms with E-state index in [1.54, 1.807) is 48.7 Å². The van der Waals surface area contributed by atoms with Crippen molar-refractivity contribution in [3.63, 3.8) is 0 Å². The first-order valence-electron chi connectivity index (χ1n) is 21.5. The fourth-order valence-corrected chi connectivity index (χ4v) is 12.0. The molecule has 65 heavy (non-hydrogen) atoms. The summed E-state index contributed by atoms with van der Waals surface area (Å²) in [6.45, 7) is 0.221. The number of nitrogens with one attached hydrogen (secondary N) is 5. The average Bonchev–Trinajstić information content (AvgIpc) is 3.93. The number of phenolic OH excluding ortho intramolecular Hbond substituents is 1. The van der Waals surface area contributed by atoms with Gasteiger partial charge in [0.25, 0.3) is 0 Å². The van der Waals surface area contributed by atoms with E-state index in [-0.39, 0.29) is 51.0 Å². The van der Waals surface area contributed by atoms with E-state index >= 15 is 4.57 Å². The number of carbonyl (C=O) groups excluding carboxylic acids is 3. The predicted octanol–water partition coefficient (Wildman–Crippen LogP) is 6.11. The highest BCUT2D eigenvalue weighted by atomic mass is 32.2. The number of hydrogen-bond acceptors (Lipinski definition) is 9. The summed E-state index contributed by atoms with van der Waals surface area (Å²) in [4.78, 5) is 69.6. The molecule has 8 N–H and O–H groups in total. The summed E-state index contributed by atoms with van der Waals surface area (Å²) in [5.74, 6) is -5.67. The maximum Gasteiger partial charge on any atom is 0.407 e. The normalized spacial score (nSPS) is 16.3. The summed E-state index contributed by atoms with van der Waals surface area (Å²) in [7, 11) is -8.81. The van der Waals surface area contributed by atoms with Crippen LogP contribution >= 0.6 is 7.37 Å². The lowest BCUT2D eigenvalue weighted by Crippen LogP contribution is -2.53. The van der Waals surface area contributed by atoms with Gasteiger partial charge in [-0.15, -0.1) is 0 Å². The third-order valence-corrected chi connectivity index (χ3v) is 14.9. The van der Waals surface area contributed by atoms with Crippen LogP contribution < -0.4 is 20.7 Å². The molecular formula is C47H56N5O11PS. The third-order valence-electron chi connectivity index (χ3n) is 11.8. The number of aromatic nitrogens is 1. The number of aromatic hydroxyl groups is 1. The van der Waals surface area contributed by atoms with Crippen molar-refractivity contribution < 1.29 is 52.0 Å². The Hall–Kier alpha value is -6.00. The molecule has 16 nitrogen and oxygen atoms in total. The Morgan fingerprint density at radius 1 is 0.831 bits per heavy atom. The zero-order chi connectivity index (χ0) is 46.6. The van der Waals surface area contributed by atoms with Crippen molar-refractivity contribution in [3.8, 4) is 5.75 Å². The largest absolute Gasteiger partial charge is 0.508 e. The Bertz CT molecular complexity index is 2570. The van der Waals surface area contributed by atoms with E-state index in [0.29, 0.717) is 36.0 Å². The van der Waals surface area contributed by atoms with Crippen LogP contribution in [0.3, 0.4) is 0 Å². The number of aliphatic carboxylic acids is 1. The summed E-state index contributed by atoms with van der Waals surface area (Å²) >= 11 is 0. The Balaban J connectivity index is 1.26. The molecule has 5 atom stereocenters. The van der Waals surface area contributed by atoms with Gasteiger partial charge >= 0.3 is 12.1 Å². The number of amides is 3. The lowest BCUT2D eigenvalue weighted by Gasteiger charge is -2.38. The second-order valence-electron chi connectivity index (χ2n) is 16.7. The highest BCUT2D eigenvalue weighted by molar-refractivity contribution is 7.88. The summed E-state index contributed by atoms with van der Waals surface area (Å²) in [6.07, 6.45) is 3.13. The summed E-state index contributed by atoms with van der Waals surface area (Å²) in [6, 6.07) is 28.2. The number of ether oxygens (including phenoxy) is 1. The number of benzene rings is 4. The number of carbonyl (C=O) groups is 4. The molecule has 1 aliphatic carbocycles. The number of aromatic amines is 1. The number of unbranched alkanes of at least 4 members (excludes halogenated alkanes) is 1. The Kier molecular flexibility index (Phi) is 16.2. The molecule has 6 rings (SSSR count). The second-order valence-corrected chi connectivity index (χ2v) is 20.9. The fraction of sp³-hybridized carbons (Fsp3) is 0.362. The predicted molar refractivity (Wildman–Crippen MR) is 246 cm³/mol. The minimum absolute atomic E-state index is 0.0588. The van der Waals surface area contributed by atoms with Crippen LogP contribution in [0.1, 0.15) is 73.1 Å². The molecule has 1 aliphatic rings. The molecule has 1 aromatic heterocycles. The maximum atomic E-state index is 15.4. The van der Waals surface area contributed by atoms with Gasteiger partial charge in [0.1, 0.15) is 30.2 Å². The summed E-state index contributed by atoms with van der Waals surface area (Å²) in [5, 5.41) is 29.4. The fourth-order valence-electron chi connectivity index (χ4n) is 8.58. The zero-order valence-electron chi connectivity index (χ0n) is 36.0. The molecule has 0 aliphatic heterocycles. The first-order chi connectivity index (χ1) is 31.0. The van der Waals surface area contributed by atoms with Crippen LogP contribution in [0.2, 0.25) is 0 Å². The zero-order valence-corrected chi connectivity index (χ0v) is 37.7. The van der Waals surface area contributed by atoms with Gasteiger partial charge in [0.05, 0.1) is 11.7 Å². The molecule has 18 heteroatoms. The van der Waals surface area contributed by atoms with Crippen molar-refractivity contribution >= 4 is 52.2 Å². The average molecular weight is 930 g/mol. The molecule has 5 aromatic rings. The van der Waals surface area contributed by atoms with Gasteiger partial charge in [0.2, 0.25) is 29.2 Å². The van der Waals surface area contributed by atoms with Crippen LogP contribution in [0.25, 0.3) is 10.9 Å². The molecule has 0 bridgehead atoms. The smallest absolute Gasteiger partial charge is 0.407 e. The van der Waals surface area contributed by atoms with Crippen LogP contribution in [0.15, 0.2) is 115 Å². The van der Waals surface area contributed by atoms with Crippen LogP contribution in [0, 0.1) is 5.41 Å². The molecular weight excluding hydrogens is 874 g/mol. The van der Waals surface area contributed by atoms with Crippen LogP contribution in [0.4, 0.5) is 4.79 Å². The Morgan fingerprint density at radius 3 is 2.12 bits per heavy atom. The first-order valence-corrected chi connectivity index (χ1v) is 25.3. The molecule has 1 fully saturated rings. The van der Waals surface area contributed by atoms with Gasteiger partial charge in [0, 0.05) is 42.1 Å². The molecule has 4 aromatic carbocycles. The number of phenols is 1. The minimum Gasteiger partial charge on any atom is -0.508 e. The number of H-pyrrole nitrogens is 1. The molecule has 0 spiro atoms. The van der Waals surface area contributed by atoms with E-state index in [1.807, 2.05) is 54.6 Å². The number of fused-ring (bicyclic) bond motifs is 1. The SMILES string of the molecule is CS(=O)(=O)N[C@@H](CCCCNC(=O)OCc1ccccc1)C(=O)N[C@H]([C@@H](c1ccccc1)c1ccc(O)cc1)P(=O)(O)CC1(C(=O)N[C@@H](Cc2c[nH]c3ccccc23)C(=O)O)CCCC1. The van der Waals surface area contributed by atoms with Gasteiger partial charge in [-0.2, -0.15) is 0 Å². The van der Waals surface area contributed by atoms with Crippen molar-refractivity contribution in [2.75, 3.05) is 19.0 Å². The standard InChI is InChI=1S/C47H56N5O11PS/c1-65(61,62)52-39(20-10-13-27-48-46(58)63-30-32-14-4-2-5-15-32)42(54)51-43(41(33-16-6-3-7-17-33)34-21-23-36(53)24-22-34)64(59,60)31-47(25-11-12-26-47)45(57)50-40(44(55)56)28-35-29-49-38-19-9-8-18-37(35)38/h2-9,14-19,21-24,29,39-41,43,49,52-53H,10-13,20,25-28,30-31H2,1H3,(H,48,58)(H,50,57)(H,51,54)(H,55,56)(H,59,60)/t39-,40-,41-,43-/m0/s1.